The highest BCUT2D eigenvalue weighted by molar-refractivity contribution is 6.00. The fourth-order valence-electron chi connectivity index (χ4n) is 4.36. The van der Waals surface area contributed by atoms with Crippen molar-refractivity contribution in [1.29, 1.82) is 0 Å². The predicted molar refractivity (Wildman–Crippen MR) is 156 cm³/mol. The third-order valence-corrected chi connectivity index (χ3v) is 6.42. The zero-order valence-electron chi connectivity index (χ0n) is 24.3. The van der Waals surface area contributed by atoms with Gasteiger partial charge in [0.05, 0.1) is 24.5 Å². The zero-order chi connectivity index (χ0) is 30.0. The fourth-order valence-corrected chi connectivity index (χ4v) is 4.36. The van der Waals surface area contributed by atoms with Gasteiger partial charge in [-0.25, -0.2) is 4.79 Å². The van der Waals surface area contributed by atoms with Crippen LogP contribution in [0.25, 0.3) is 0 Å². The van der Waals surface area contributed by atoms with Crippen LogP contribution in [0.3, 0.4) is 0 Å². The molecule has 4 N–H and O–H groups in total. The summed E-state index contributed by atoms with van der Waals surface area (Å²) in [5.41, 5.74) is 0.984. The van der Waals surface area contributed by atoms with Crippen molar-refractivity contribution >= 4 is 17.8 Å². The molecule has 9 nitrogen and oxygen atoms in total. The molecular formula is C32H41N3O6. The Morgan fingerprint density at radius 2 is 1.46 bits per heavy atom. The second kappa shape index (κ2) is 14.6. The molecule has 9 heteroatoms. The lowest BCUT2D eigenvalue weighted by Crippen LogP contribution is -2.61. The number of carbonyl (C=O) groups excluding carboxylic acids is 3. The van der Waals surface area contributed by atoms with E-state index in [1.807, 2.05) is 74.5 Å². The van der Waals surface area contributed by atoms with Crippen LogP contribution in [-0.4, -0.2) is 52.7 Å². The van der Waals surface area contributed by atoms with Gasteiger partial charge in [-0.05, 0) is 56.4 Å². The maximum absolute atomic E-state index is 13.8. The second-order valence-electron chi connectivity index (χ2n) is 11.3. The van der Waals surface area contributed by atoms with E-state index in [2.05, 4.69) is 16.0 Å². The minimum absolute atomic E-state index is 0.131. The van der Waals surface area contributed by atoms with Crippen molar-refractivity contribution in [1.82, 2.24) is 16.0 Å². The van der Waals surface area contributed by atoms with E-state index in [0.717, 1.165) is 11.1 Å². The molecule has 0 saturated heterocycles. The number of hydrogen-bond acceptors (Lipinski definition) is 7. The molecule has 0 bridgehead atoms. The summed E-state index contributed by atoms with van der Waals surface area (Å²) in [6, 6.07) is 18.9. The van der Waals surface area contributed by atoms with E-state index in [-0.39, 0.29) is 30.4 Å². The molecule has 0 spiro atoms. The van der Waals surface area contributed by atoms with Gasteiger partial charge < -0.3 is 24.9 Å². The lowest BCUT2D eigenvalue weighted by atomic mass is 9.93. The van der Waals surface area contributed by atoms with Gasteiger partial charge in [-0.2, -0.15) is 0 Å². The Labute approximate surface area is 241 Å². The number of carbonyl (C=O) groups is 3. The molecule has 0 saturated carbocycles. The lowest BCUT2D eigenvalue weighted by molar-refractivity contribution is -0.127. The Bertz CT molecular complexity index is 1240. The van der Waals surface area contributed by atoms with Crippen LogP contribution in [0.15, 0.2) is 83.5 Å². The Hall–Kier alpha value is -3.95. The summed E-state index contributed by atoms with van der Waals surface area (Å²) in [4.78, 5) is 39.8. The molecule has 41 heavy (non-hydrogen) atoms. The number of benzene rings is 2. The molecule has 0 aliphatic heterocycles. The smallest absolute Gasteiger partial charge is 0.407 e. The zero-order valence-corrected chi connectivity index (χ0v) is 24.3. The van der Waals surface area contributed by atoms with E-state index in [9.17, 15) is 19.5 Å². The van der Waals surface area contributed by atoms with Gasteiger partial charge in [-0.1, -0.05) is 74.5 Å². The first-order valence-corrected chi connectivity index (χ1v) is 13.8. The van der Waals surface area contributed by atoms with Gasteiger partial charge >= 0.3 is 6.09 Å². The Kier molecular flexibility index (Phi) is 11.3. The maximum atomic E-state index is 13.8. The Balaban J connectivity index is 1.90. The summed E-state index contributed by atoms with van der Waals surface area (Å²) in [7, 11) is 0. The molecule has 3 rings (SSSR count). The van der Waals surface area contributed by atoms with Gasteiger partial charge in [0.1, 0.15) is 11.6 Å². The van der Waals surface area contributed by atoms with Crippen molar-refractivity contribution < 1.29 is 28.6 Å². The molecular weight excluding hydrogens is 522 g/mol. The first kappa shape index (κ1) is 31.6. The SMILES string of the molecule is CC(C)[C@H](NC(=O)[C@H](NCc1ccccc1)[C@H](O)[C@H](Cc1ccccc1)NC(=O)OC(C)(C)C)C(=O)c1ccco1. The van der Waals surface area contributed by atoms with Crippen molar-refractivity contribution in [2.24, 2.45) is 5.92 Å². The standard InChI is InChI=1S/C32H41N3O6/c1-21(2)26(29(37)25-17-12-18-40-25)35-30(38)27(33-20-23-15-10-7-11-16-23)28(36)24(19-22-13-8-6-9-14-22)34-31(39)41-32(3,4)5/h6-18,21,24,26-28,33,36H,19-20H2,1-5H3,(H,34,39)(H,35,38)/t24-,26-,27+,28+/m0/s1. The van der Waals surface area contributed by atoms with Gasteiger partial charge in [-0.3, -0.25) is 14.9 Å². The van der Waals surface area contributed by atoms with E-state index in [0.29, 0.717) is 0 Å². The molecule has 0 aliphatic carbocycles. The predicted octanol–water partition coefficient (Wildman–Crippen LogP) is 4.26. The van der Waals surface area contributed by atoms with Crippen LogP contribution in [0.2, 0.25) is 0 Å². The van der Waals surface area contributed by atoms with Crippen molar-refractivity contribution in [3.05, 3.63) is 95.9 Å². The Morgan fingerprint density at radius 3 is 2.00 bits per heavy atom. The highest BCUT2D eigenvalue weighted by Crippen LogP contribution is 2.16. The first-order chi connectivity index (χ1) is 19.4. The molecule has 0 aliphatic rings. The first-order valence-electron chi connectivity index (χ1n) is 13.8. The monoisotopic (exact) mass is 563 g/mol. The molecule has 2 amide bonds. The van der Waals surface area contributed by atoms with E-state index in [1.165, 1.54) is 6.26 Å². The van der Waals surface area contributed by atoms with Crippen LogP contribution in [0.5, 0.6) is 0 Å². The van der Waals surface area contributed by atoms with Crippen LogP contribution in [0.1, 0.15) is 56.3 Å². The van der Waals surface area contributed by atoms with Gasteiger partial charge in [0.15, 0.2) is 5.76 Å². The number of aliphatic hydroxyl groups excluding tert-OH is 1. The van der Waals surface area contributed by atoms with Crippen molar-refractivity contribution in [3.8, 4) is 0 Å². The molecule has 0 fully saturated rings. The number of furan rings is 1. The quantitative estimate of drug-likeness (QED) is 0.229. The van der Waals surface area contributed by atoms with E-state index >= 15 is 0 Å². The molecule has 0 unspecified atom stereocenters. The molecule has 1 aromatic heterocycles. The number of amides is 2. The van der Waals surface area contributed by atoms with Crippen LogP contribution in [0.4, 0.5) is 4.79 Å². The molecule has 1 heterocycles. The van der Waals surface area contributed by atoms with Gasteiger partial charge in [0.25, 0.3) is 0 Å². The topological polar surface area (TPSA) is 130 Å². The molecule has 0 radical (unpaired) electrons. The van der Waals surface area contributed by atoms with Crippen LogP contribution < -0.4 is 16.0 Å². The fraction of sp³-hybridized carbons (Fsp3) is 0.406. The van der Waals surface area contributed by atoms with Crippen LogP contribution in [0, 0.1) is 5.92 Å². The van der Waals surface area contributed by atoms with E-state index in [1.54, 1.807) is 32.9 Å². The minimum atomic E-state index is -1.39. The summed E-state index contributed by atoms with van der Waals surface area (Å²) >= 11 is 0. The van der Waals surface area contributed by atoms with Gasteiger partial charge in [0.2, 0.25) is 11.7 Å². The number of rotatable bonds is 13. The highest BCUT2D eigenvalue weighted by atomic mass is 16.6. The number of ether oxygens (including phenoxy) is 1. The normalized spacial score (nSPS) is 14.5. The third kappa shape index (κ3) is 9.88. The number of aliphatic hydroxyl groups is 1. The summed E-state index contributed by atoms with van der Waals surface area (Å²) < 4.78 is 10.7. The van der Waals surface area contributed by atoms with E-state index in [4.69, 9.17) is 9.15 Å². The minimum Gasteiger partial charge on any atom is -0.461 e. The third-order valence-electron chi connectivity index (χ3n) is 6.42. The van der Waals surface area contributed by atoms with Gasteiger partial charge in [0, 0.05) is 6.54 Å². The summed E-state index contributed by atoms with van der Waals surface area (Å²) in [5.74, 6) is -1.09. The average Bonchev–Trinajstić information content (AvgIpc) is 3.46. The molecule has 3 aromatic rings. The Morgan fingerprint density at radius 1 is 0.854 bits per heavy atom. The number of alkyl carbamates (subject to hydrolysis) is 1. The number of hydrogen-bond donors (Lipinski definition) is 4. The van der Waals surface area contributed by atoms with Crippen molar-refractivity contribution in [2.45, 2.75) is 77.4 Å². The largest absolute Gasteiger partial charge is 0.461 e. The number of Topliss-reactive ketones (excluding diaryl/α,β-unsaturated/α-hetero) is 1. The summed E-state index contributed by atoms with van der Waals surface area (Å²) in [6.07, 6.45) is -0.473. The summed E-state index contributed by atoms with van der Waals surface area (Å²) in [6.45, 7) is 9.13. The second-order valence-corrected chi connectivity index (χ2v) is 11.3. The van der Waals surface area contributed by atoms with Gasteiger partial charge in [-0.15, -0.1) is 0 Å². The molecule has 220 valence electrons. The lowest BCUT2D eigenvalue weighted by Gasteiger charge is -2.32. The average molecular weight is 564 g/mol. The summed E-state index contributed by atoms with van der Waals surface area (Å²) in [5, 5.41) is 20.4. The van der Waals surface area contributed by atoms with Crippen molar-refractivity contribution in [2.75, 3.05) is 0 Å². The maximum Gasteiger partial charge on any atom is 0.407 e. The number of ketones is 1. The van der Waals surface area contributed by atoms with Crippen LogP contribution in [-0.2, 0) is 22.5 Å². The number of nitrogens with one attached hydrogen (secondary N) is 3. The van der Waals surface area contributed by atoms with Crippen LogP contribution >= 0.6 is 0 Å². The molecule has 2 aromatic carbocycles. The van der Waals surface area contributed by atoms with E-state index < -0.39 is 41.8 Å². The van der Waals surface area contributed by atoms with Crippen molar-refractivity contribution in [3.63, 3.8) is 0 Å². The highest BCUT2D eigenvalue weighted by Gasteiger charge is 2.37. The molecule has 4 atom stereocenters.